The summed E-state index contributed by atoms with van der Waals surface area (Å²) in [6.45, 7) is 0.562. The van der Waals surface area contributed by atoms with Crippen molar-refractivity contribution in [3.63, 3.8) is 0 Å². The van der Waals surface area contributed by atoms with Crippen molar-refractivity contribution in [2.45, 2.75) is 101 Å². The fraction of sp³-hybridized carbons (Fsp3) is 0.447. The van der Waals surface area contributed by atoms with Crippen molar-refractivity contribution in [3.8, 4) is 0 Å². The first-order valence-corrected chi connectivity index (χ1v) is 23.3. The molecule has 6 atom stereocenters. The second kappa shape index (κ2) is 26.4. The Morgan fingerprint density at radius 1 is 0.690 bits per heavy atom. The predicted molar refractivity (Wildman–Crippen MR) is 257 cm³/mol. The van der Waals surface area contributed by atoms with Gasteiger partial charge in [-0.15, -0.1) is 0 Å². The van der Waals surface area contributed by atoms with Gasteiger partial charge >= 0.3 is 0 Å². The summed E-state index contributed by atoms with van der Waals surface area (Å²) in [5, 5.41) is 18.0. The van der Waals surface area contributed by atoms with E-state index in [9.17, 15) is 43.5 Å². The molecule has 0 spiro atoms. The smallest absolute Gasteiger partial charge is 0.248 e. The van der Waals surface area contributed by atoms with Gasteiger partial charge in [-0.2, -0.15) is 0 Å². The van der Waals surface area contributed by atoms with Gasteiger partial charge in [0.15, 0.2) is 0 Å². The zero-order valence-electron chi connectivity index (χ0n) is 39.6. The first kappa shape index (κ1) is 54.4. The summed E-state index contributed by atoms with van der Waals surface area (Å²) in [6.07, 6.45) is 4.66. The maximum Gasteiger partial charge on any atom is 0.248 e. The topological polar surface area (TPSA) is 390 Å². The molecule has 24 heteroatoms. The molecule has 2 aromatic carbocycles. The average molecular weight is 984 g/mol. The number of primary amides is 2. The van der Waals surface area contributed by atoms with Crippen LogP contribution in [-0.4, -0.2) is 156 Å². The Bertz CT molecular complexity index is 2440. The average Bonchev–Trinajstić information content (AvgIpc) is 4.07. The number of hydrogen-bond acceptors (Lipinski definition) is 14. The molecule has 16 N–H and O–H groups in total. The van der Waals surface area contributed by atoms with Crippen LogP contribution in [0, 0.1) is 0 Å². The number of H-pyrrole nitrogens is 2. The number of fused-ring (bicyclic) bond motifs is 2. The van der Waals surface area contributed by atoms with Crippen molar-refractivity contribution in [1.29, 1.82) is 0 Å². The highest BCUT2D eigenvalue weighted by Gasteiger charge is 2.32. The van der Waals surface area contributed by atoms with Gasteiger partial charge in [0, 0.05) is 87.9 Å². The van der Waals surface area contributed by atoms with Gasteiger partial charge in [-0.3, -0.25) is 38.4 Å². The molecule has 5 rings (SSSR count). The van der Waals surface area contributed by atoms with Crippen LogP contribution < -0.4 is 44.6 Å². The number of hydrogen-bond donors (Lipinski definition) is 11. The van der Waals surface area contributed by atoms with Crippen LogP contribution in [0.4, 0.5) is 0 Å². The van der Waals surface area contributed by atoms with Crippen LogP contribution in [-0.2, 0) is 65.9 Å². The predicted octanol–water partition coefficient (Wildman–Crippen LogP) is -3.05. The number of benzene rings is 2. The monoisotopic (exact) mass is 984 g/mol. The zero-order chi connectivity index (χ0) is 51.6. The van der Waals surface area contributed by atoms with E-state index in [1.807, 2.05) is 30.3 Å². The summed E-state index contributed by atoms with van der Waals surface area (Å²) < 4.78 is 0. The Balaban J connectivity index is 1.49. The largest absolute Gasteiger partial charge is 0.391 e. The Kier molecular flexibility index (Phi) is 20.3. The summed E-state index contributed by atoms with van der Waals surface area (Å²) >= 11 is 0. The molecule has 24 nitrogen and oxygen atoms in total. The third-order valence-electron chi connectivity index (χ3n) is 11.9. The van der Waals surface area contributed by atoms with Gasteiger partial charge in [-0.25, -0.2) is 9.97 Å². The number of aliphatic hydroxyl groups excluding tert-OH is 1. The van der Waals surface area contributed by atoms with Crippen LogP contribution in [0.1, 0.15) is 71.0 Å². The van der Waals surface area contributed by atoms with Crippen LogP contribution >= 0.6 is 0 Å². The first-order valence-electron chi connectivity index (χ1n) is 23.3. The van der Waals surface area contributed by atoms with Gasteiger partial charge in [-0.05, 0) is 61.4 Å². The molecule has 2 aromatic heterocycles. The Morgan fingerprint density at radius 2 is 1.24 bits per heavy atom. The normalized spacial score (nSPS) is 16.0. The van der Waals surface area contributed by atoms with Crippen molar-refractivity contribution in [1.82, 2.24) is 50.6 Å². The fourth-order valence-electron chi connectivity index (χ4n) is 7.98. The number of nitrogens with one attached hydrogen (secondary N) is 5. The van der Waals surface area contributed by atoms with E-state index < -0.39 is 90.1 Å². The summed E-state index contributed by atoms with van der Waals surface area (Å²) in [6, 6.07) is 7.89. The van der Waals surface area contributed by atoms with E-state index in [-0.39, 0.29) is 89.8 Å². The lowest BCUT2D eigenvalue weighted by atomic mass is 10.0. The lowest BCUT2D eigenvalue weighted by Crippen LogP contribution is -2.56. The number of aromatic nitrogens is 4. The molecular formula is C47H65N15O9. The van der Waals surface area contributed by atoms with Crippen molar-refractivity contribution < 1.29 is 43.5 Å². The second-order valence-corrected chi connectivity index (χ2v) is 17.6. The minimum Gasteiger partial charge on any atom is -0.391 e. The van der Waals surface area contributed by atoms with E-state index in [2.05, 4.69) is 35.9 Å². The van der Waals surface area contributed by atoms with Gasteiger partial charge in [0.25, 0.3) is 0 Å². The Labute approximate surface area is 410 Å². The minimum absolute atomic E-state index is 0.0176. The molecular weight excluding hydrogens is 919 g/mol. The highest BCUT2D eigenvalue weighted by Crippen LogP contribution is 2.19. The molecule has 0 radical (unpaired) electrons. The first-order chi connectivity index (χ1) is 33.9. The molecule has 71 heavy (non-hydrogen) atoms. The molecule has 0 aliphatic carbocycles. The van der Waals surface area contributed by atoms with Gasteiger partial charge in [-0.1, -0.05) is 36.4 Å². The lowest BCUT2D eigenvalue weighted by molar-refractivity contribution is -0.139. The van der Waals surface area contributed by atoms with Crippen molar-refractivity contribution in [3.05, 3.63) is 107 Å². The number of carbonyl (C=O) groups excluding carboxylic acids is 8. The van der Waals surface area contributed by atoms with E-state index in [4.69, 9.17) is 28.7 Å². The maximum absolute atomic E-state index is 14.9. The number of amides is 8. The molecule has 8 amide bonds. The van der Waals surface area contributed by atoms with Crippen molar-refractivity contribution in [2.24, 2.45) is 28.7 Å². The molecule has 2 bridgehead atoms. The molecule has 0 saturated carbocycles. The summed E-state index contributed by atoms with van der Waals surface area (Å²) in [4.78, 5) is 126. The minimum atomic E-state index is -1.41. The zero-order valence-corrected chi connectivity index (χ0v) is 39.6. The van der Waals surface area contributed by atoms with Crippen LogP contribution in [0.25, 0.3) is 0 Å². The quantitative estimate of drug-likeness (QED) is 0.0420. The molecule has 3 heterocycles. The van der Waals surface area contributed by atoms with Crippen LogP contribution in [0.15, 0.2) is 73.6 Å². The van der Waals surface area contributed by atoms with Crippen molar-refractivity contribution >= 4 is 47.3 Å². The third kappa shape index (κ3) is 16.8. The highest BCUT2D eigenvalue weighted by molar-refractivity contribution is 5.94. The number of carbonyl (C=O) groups is 8. The van der Waals surface area contributed by atoms with Crippen molar-refractivity contribution in [2.75, 3.05) is 32.7 Å². The number of nitrogens with two attached hydrogens (primary N) is 5. The SMILES string of the molecule is C[C@@H](O)[C@H](N)C(=O)N[C@@H](CCC(N)=O)C(=O)N1CCCN(C(=O)CNC(=O)[C@@H](N)Cc2ccccc2)Cc2cc(cc(C(N)=O)c2)CN(C(=O)[C@H](Cc2cnc[nH]2)NC(=O)[C@@H](N)Cc2cnc[nH]2)CCC1. The molecule has 0 saturated heterocycles. The van der Waals surface area contributed by atoms with E-state index in [0.717, 1.165) is 5.56 Å². The Hall–Kier alpha value is -7.54. The van der Waals surface area contributed by atoms with E-state index in [0.29, 0.717) is 22.5 Å². The molecule has 1 aliphatic rings. The highest BCUT2D eigenvalue weighted by atomic mass is 16.3. The number of nitrogens with zero attached hydrogens (tertiary/aromatic N) is 5. The standard InChI is InChI=1S/C47H65N15O9/c1-28(63)41(51)45(69)58-37(9-10-39(50)64)46(70)60-11-5-13-61(40(65)23-55-43(67)35(48)18-29-7-3-2-4-8-29)24-30-15-31(17-32(16-30)42(52)66)25-62(14-6-12-60)47(71)38(20-34-22-54-27-57-34)59-44(68)36(49)19-33-21-53-26-56-33/h2-4,7-8,15-17,21-22,26-28,35-38,41,63H,5-6,9-14,18-20,23-25,48-49,51H2,1H3,(H2,50,64)(H2,52,66)(H,53,56)(H,54,57)(H,55,67)(H,58,69)(H,59,68)/t28-,35+,36+,37+,38+,41+/m1/s1. The number of imidazole rings is 2. The fourth-order valence-corrected chi connectivity index (χ4v) is 7.98. The van der Waals surface area contributed by atoms with Gasteiger partial charge < -0.3 is 74.4 Å². The van der Waals surface area contributed by atoms with Gasteiger partial charge in [0.05, 0.1) is 37.4 Å². The molecule has 1 aliphatic heterocycles. The van der Waals surface area contributed by atoms with Crippen LogP contribution in [0.5, 0.6) is 0 Å². The summed E-state index contributed by atoms with van der Waals surface area (Å²) in [5.74, 6) is -5.29. The number of aromatic amines is 2. The lowest BCUT2D eigenvalue weighted by Gasteiger charge is -2.33. The van der Waals surface area contributed by atoms with E-state index in [1.165, 1.54) is 58.8 Å². The van der Waals surface area contributed by atoms with E-state index in [1.54, 1.807) is 6.07 Å². The maximum atomic E-state index is 14.9. The molecule has 0 unspecified atom stereocenters. The van der Waals surface area contributed by atoms with Crippen LogP contribution in [0.3, 0.4) is 0 Å². The second-order valence-electron chi connectivity index (χ2n) is 17.6. The number of aliphatic hydroxyl groups is 1. The third-order valence-corrected chi connectivity index (χ3v) is 11.9. The molecule has 0 fully saturated rings. The number of rotatable bonds is 20. The summed E-state index contributed by atoms with van der Waals surface area (Å²) in [5.41, 5.74) is 32.6. The molecule has 4 aromatic rings. The van der Waals surface area contributed by atoms with Crippen LogP contribution in [0.2, 0.25) is 0 Å². The Morgan fingerprint density at radius 3 is 1.82 bits per heavy atom. The summed E-state index contributed by atoms with van der Waals surface area (Å²) in [7, 11) is 0. The van der Waals surface area contributed by atoms with Gasteiger partial charge in [0.2, 0.25) is 47.3 Å². The van der Waals surface area contributed by atoms with Gasteiger partial charge in [0.1, 0.15) is 18.1 Å². The van der Waals surface area contributed by atoms with E-state index >= 15 is 0 Å². The molecule has 382 valence electrons.